The third-order valence-corrected chi connectivity index (χ3v) is 1.81. The molecular weight excluding hydrogens is 121 g/mol. The molecular formula is C8H12BN. The number of hydrogen-bond donors (Lipinski definition) is 0. The number of aromatic nitrogens is 1. The zero-order valence-electron chi connectivity index (χ0n) is 6.54. The Kier molecular flexibility index (Phi) is 2.61. The molecule has 0 radical (unpaired) electrons. The fourth-order valence-corrected chi connectivity index (χ4v) is 0.877. The maximum atomic E-state index is 4.25. The van der Waals surface area contributed by atoms with Crippen molar-refractivity contribution in [1.29, 1.82) is 0 Å². The Morgan fingerprint density at radius 2 is 2.50 bits per heavy atom. The summed E-state index contributed by atoms with van der Waals surface area (Å²) in [4.78, 5) is 4.25. The molecule has 1 aromatic heterocycles. The van der Waals surface area contributed by atoms with Crippen LogP contribution in [0, 0.1) is 0 Å². The maximum absolute atomic E-state index is 4.25. The second kappa shape index (κ2) is 3.50. The van der Waals surface area contributed by atoms with Gasteiger partial charge in [0.25, 0.3) is 0 Å². The van der Waals surface area contributed by atoms with Crippen LogP contribution in [0.25, 0.3) is 0 Å². The first-order valence-corrected chi connectivity index (χ1v) is 3.75. The average Bonchev–Trinajstić information content (AvgIpc) is 2.05. The van der Waals surface area contributed by atoms with E-state index >= 15 is 0 Å². The van der Waals surface area contributed by atoms with Crippen molar-refractivity contribution in [3.05, 3.63) is 23.8 Å². The monoisotopic (exact) mass is 133 g/mol. The summed E-state index contributed by atoms with van der Waals surface area (Å²) in [6.07, 6.45) is 3.01. The minimum absolute atomic E-state index is 0.598. The van der Waals surface area contributed by atoms with Crippen molar-refractivity contribution < 1.29 is 0 Å². The summed E-state index contributed by atoms with van der Waals surface area (Å²) in [5.41, 5.74) is 1.20. The third-order valence-electron chi connectivity index (χ3n) is 1.81. The molecule has 0 saturated heterocycles. The van der Waals surface area contributed by atoms with Gasteiger partial charge >= 0.3 is 61.9 Å². The van der Waals surface area contributed by atoms with E-state index in [0.29, 0.717) is 5.92 Å². The van der Waals surface area contributed by atoms with Gasteiger partial charge in [0.05, 0.1) is 0 Å². The molecule has 0 aromatic carbocycles. The second-order valence-electron chi connectivity index (χ2n) is 2.56. The predicted molar refractivity (Wildman–Crippen MR) is 44.3 cm³/mol. The predicted octanol–water partition coefficient (Wildman–Crippen LogP) is 1.93. The van der Waals surface area contributed by atoms with E-state index in [1.54, 1.807) is 0 Å². The molecule has 2 heteroatoms. The van der Waals surface area contributed by atoms with Crippen LogP contribution in [0.1, 0.15) is 31.9 Å². The standard InChI is InChI=1S/C8H12BN/c1-3-7(2)8-6-9-4-5-10-8/h4-7H,3H2,1-2H3. The molecule has 0 fully saturated rings. The van der Waals surface area contributed by atoms with E-state index in [1.807, 2.05) is 19.1 Å². The van der Waals surface area contributed by atoms with Gasteiger partial charge in [-0.3, -0.25) is 0 Å². The third kappa shape index (κ3) is 1.66. The Hall–Kier alpha value is -0.655. The van der Waals surface area contributed by atoms with Crippen molar-refractivity contribution in [1.82, 2.24) is 4.98 Å². The summed E-state index contributed by atoms with van der Waals surface area (Å²) in [5, 5.41) is 0. The van der Waals surface area contributed by atoms with Gasteiger partial charge in [-0.2, -0.15) is 0 Å². The average molecular weight is 133 g/mol. The van der Waals surface area contributed by atoms with Gasteiger partial charge in [0.2, 0.25) is 0 Å². The Labute approximate surface area is 62.7 Å². The Balaban J connectivity index is 2.75. The van der Waals surface area contributed by atoms with Crippen LogP contribution in [0.2, 0.25) is 0 Å². The molecule has 0 amide bonds. The summed E-state index contributed by atoms with van der Waals surface area (Å²) in [6.45, 7) is 6.41. The van der Waals surface area contributed by atoms with E-state index < -0.39 is 0 Å². The van der Waals surface area contributed by atoms with Crippen molar-refractivity contribution in [2.45, 2.75) is 26.2 Å². The Morgan fingerprint density at radius 1 is 1.70 bits per heavy atom. The van der Waals surface area contributed by atoms with E-state index in [0.717, 1.165) is 6.42 Å². The quantitative estimate of drug-likeness (QED) is 0.600. The molecule has 1 aromatic rings. The summed E-state index contributed by atoms with van der Waals surface area (Å²) in [6, 6.07) is 0. The van der Waals surface area contributed by atoms with Gasteiger partial charge < -0.3 is 0 Å². The van der Waals surface area contributed by atoms with Gasteiger partial charge in [0, 0.05) is 0 Å². The summed E-state index contributed by atoms with van der Waals surface area (Å²) in [7, 11) is 0. The summed E-state index contributed by atoms with van der Waals surface area (Å²) in [5.74, 6) is 4.63. The van der Waals surface area contributed by atoms with Gasteiger partial charge in [0.1, 0.15) is 0 Å². The molecule has 1 atom stereocenters. The van der Waals surface area contributed by atoms with E-state index in [9.17, 15) is 0 Å². The van der Waals surface area contributed by atoms with Crippen LogP contribution in [0.5, 0.6) is 0 Å². The van der Waals surface area contributed by atoms with Crippen molar-refractivity contribution >= 4 is 6.91 Å². The molecule has 1 nitrogen and oxygen atoms in total. The molecule has 52 valence electrons. The van der Waals surface area contributed by atoms with Gasteiger partial charge in [-0.05, 0) is 0 Å². The van der Waals surface area contributed by atoms with Gasteiger partial charge in [-0.15, -0.1) is 0 Å². The molecule has 0 bridgehead atoms. The van der Waals surface area contributed by atoms with Crippen LogP contribution >= 0.6 is 0 Å². The van der Waals surface area contributed by atoms with Gasteiger partial charge in [0.15, 0.2) is 0 Å². The van der Waals surface area contributed by atoms with Crippen LogP contribution in [-0.2, 0) is 0 Å². The molecule has 0 aliphatic rings. The number of rotatable bonds is 2. The molecule has 1 unspecified atom stereocenters. The van der Waals surface area contributed by atoms with Crippen molar-refractivity contribution in [2.24, 2.45) is 0 Å². The molecule has 1 heterocycles. The van der Waals surface area contributed by atoms with Crippen molar-refractivity contribution in [3.63, 3.8) is 0 Å². The molecule has 0 aliphatic carbocycles. The minimum atomic E-state index is 0.598. The van der Waals surface area contributed by atoms with Crippen molar-refractivity contribution in [2.75, 3.05) is 0 Å². The van der Waals surface area contributed by atoms with Crippen LogP contribution in [-0.4, -0.2) is 11.9 Å². The molecule has 0 aliphatic heterocycles. The summed E-state index contributed by atoms with van der Waals surface area (Å²) >= 11 is 0. The Bertz CT molecular complexity index is 186. The molecule has 1 rings (SSSR count). The van der Waals surface area contributed by atoms with E-state index in [-0.39, 0.29) is 0 Å². The first kappa shape index (κ1) is 7.45. The van der Waals surface area contributed by atoms with E-state index in [2.05, 4.69) is 24.8 Å². The topological polar surface area (TPSA) is 12.9 Å². The number of hydrogen-bond acceptors (Lipinski definition) is 1. The second-order valence-corrected chi connectivity index (χ2v) is 2.56. The van der Waals surface area contributed by atoms with Crippen LogP contribution in [0.3, 0.4) is 0 Å². The van der Waals surface area contributed by atoms with Crippen LogP contribution < -0.4 is 0 Å². The first-order chi connectivity index (χ1) is 4.84. The first-order valence-electron chi connectivity index (χ1n) is 3.75. The molecule has 10 heavy (non-hydrogen) atoms. The molecule has 0 N–H and O–H groups in total. The normalized spacial score (nSPS) is 12.6. The van der Waals surface area contributed by atoms with E-state index in [1.165, 1.54) is 5.69 Å². The Morgan fingerprint density at radius 3 is 3.00 bits per heavy atom. The fraction of sp³-hybridized carbons (Fsp3) is 0.500. The zero-order valence-corrected chi connectivity index (χ0v) is 6.54. The van der Waals surface area contributed by atoms with Gasteiger partial charge in [-0.25, -0.2) is 0 Å². The van der Waals surface area contributed by atoms with Crippen molar-refractivity contribution in [3.8, 4) is 0 Å². The van der Waals surface area contributed by atoms with Crippen LogP contribution in [0.4, 0.5) is 0 Å². The fourth-order valence-electron chi connectivity index (χ4n) is 0.877. The SMILES string of the molecule is CCC(C)c1cbccn1. The summed E-state index contributed by atoms with van der Waals surface area (Å²) < 4.78 is 0. The van der Waals surface area contributed by atoms with Gasteiger partial charge in [-0.1, -0.05) is 0 Å². The number of nitrogens with zero attached hydrogens (tertiary/aromatic N) is 1. The molecule has 0 spiro atoms. The zero-order chi connectivity index (χ0) is 7.40. The van der Waals surface area contributed by atoms with Crippen LogP contribution in [0.15, 0.2) is 18.1 Å². The molecule has 0 saturated carbocycles. The van der Waals surface area contributed by atoms with E-state index in [4.69, 9.17) is 0 Å².